The molecule has 2 amide bonds. The SMILES string of the molecule is O=C(OCc1ccccc1)N1CC(N2CCN(C(=O)c3ccc(Cl)cc3)CC2)[C@H](O)C1. The number of hydrogen-bond donors (Lipinski definition) is 1. The van der Waals surface area contributed by atoms with Crippen LogP contribution in [0, 0.1) is 0 Å². The molecular weight excluding hydrogens is 418 g/mol. The number of ether oxygens (including phenoxy) is 1. The van der Waals surface area contributed by atoms with E-state index < -0.39 is 12.2 Å². The first-order valence-electron chi connectivity index (χ1n) is 10.4. The molecule has 8 heteroatoms. The number of rotatable bonds is 4. The average molecular weight is 444 g/mol. The minimum absolute atomic E-state index is 0.0191. The number of β-amino-alcohol motifs (C(OH)–C–C–N with tert-alkyl or cyclic N) is 1. The maximum atomic E-state index is 12.7. The molecule has 2 saturated heterocycles. The van der Waals surface area contributed by atoms with Crippen molar-refractivity contribution in [1.82, 2.24) is 14.7 Å². The molecule has 2 aliphatic heterocycles. The van der Waals surface area contributed by atoms with Gasteiger partial charge in [-0.05, 0) is 29.8 Å². The van der Waals surface area contributed by atoms with E-state index in [1.54, 1.807) is 29.2 Å². The lowest BCUT2D eigenvalue weighted by Gasteiger charge is -2.38. The van der Waals surface area contributed by atoms with Gasteiger partial charge in [-0.1, -0.05) is 41.9 Å². The van der Waals surface area contributed by atoms with Gasteiger partial charge in [0.05, 0.1) is 18.7 Å². The van der Waals surface area contributed by atoms with E-state index in [1.807, 2.05) is 35.2 Å². The van der Waals surface area contributed by atoms with E-state index in [2.05, 4.69) is 4.90 Å². The van der Waals surface area contributed by atoms with E-state index in [4.69, 9.17) is 16.3 Å². The zero-order valence-corrected chi connectivity index (χ0v) is 17.9. The molecule has 2 fully saturated rings. The third kappa shape index (κ3) is 5.18. The van der Waals surface area contributed by atoms with Crippen LogP contribution >= 0.6 is 11.6 Å². The number of nitrogens with zero attached hydrogens (tertiary/aromatic N) is 3. The molecule has 0 spiro atoms. The lowest BCUT2D eigenvalue weighted by atomic mass is 10.1. The number of benzene rings is 2. The number of likely N-dealkylation sites (tertiary alicyclic amines) is 1. The van der Waals surface area contributed by atoms with Crippen LogP contribution in [0.4, 0.5) is 4.79 Å². The average Bonchev–Trinajstić information content (AvgIpc) is 3.20. The van der Waals surface area contributed by atoms with Gasteiger partial charge in [-0.25, -0.2) is 4.79 Å². The Bertz CT molecular complexity index is 901. The van der Waals surface area contributed by atoms with E-state index in [1.165, 1.54) is 0 Å². The Hall–Kier alpha value is -2.61. The number of carbonyl (C=O) groups is 2. The fraction of sp³-hybridized carbons (Fsp3) is 0.391. The maximum Gasteiger partial charge on any atom is 0.410 e. The molecule has 2 aromatic carbocycles. The summed E-state index contributed by atoms with van der Waals surface area (Å²) in [6.45, 7) is 3.32. The summed E-state index contributed by atoms with van der Waals surface area (Å²) in [5, 5.41) is 11.1. The normalized spacial score (nSPS) is 21.9. The van der Waals surface area contributed by atoms with Crippen molar-refractivity contribution in [3.63, 3.8) is 0 Å². The molecule has 0 bridgehead atoms. The number of piperazine rings is 1. The van der Waals surface area contributed by atoms with Crippen molar-refractivity contribution in [2.75, 3.05) is 39.3 Å². The number of carbonyl (C=O) groups excluding carboxylic acids is 2. The predicted octanol–water partition coefficient (Wildman–Crippen LogP) is 2.48. The van der Waals surface area contributed by atoms with Crippen molar-refractivity contribution in [1.29, 1.82) is 0 Å². The van der Waals surface area contributed by atoms with Crippen molar-refractivity contribution >= 4 is 23.6 Å². The first-order valence-corrected chi connectivity index (χ1v) is 10.8. The van der Waals surface area contributed by atoms with Gasteiger partial charge in [-0.15, -0.1) is 0 Å². The number of aliphatic hydroxyl groups is 1. The monoisotopic (exact) mass is 443 g/mol. The van der Waals surface area contributed by atoms with Gasteiger partial charge in [0.2, 0.25) is 0 Å². The fourth-order valence-electron chi connectivity index (χ4n) is 4.12. The summed E-state index contributed by atoms with van der Waals surface area (Å²) >= 11 is 5.90. The molecule has 1 unspecified atom stereocenters. The Morgan fingerprint density at radius 1 is 0.935 bits per heavy atom. The molecule has 2 atom stereocenters. The third-order valence-electron chi connectivity index (χ3n) is 5.88. The van der Waals surface area contributed by atoms with Crippen LogP contribution in [0.2, 0.25) is 5.02 Å². The van der Waals surface area contributed by atoms with Gasteiger partial charge >= 0.3 is 6.09 Å². The molecule has 4 rings (SSSR count). The van der Waals surface area contributed by atoms with E-state index in [0.717, 1.165) is 5.56 Å². The van der Waals surface area contributed by atoms with E-state index in [0.29, 0.717) is 43.3 Å². The second kappa shape index (κ2) is 9.68. The molecule has 7 nitrogen and oxygen atoms in total. The zero-order chi connectivity index (χ0) is 21.8. The standard InChI is InChI=1S/C23H26ClN3O4/c24-19-8-6-18(7-9-19)22(29)26-12-10-25(11-13-26)20-14-27(15-21(20)28)23(30)31-16-17-4-2-1-3-5-17/h1-9,20-21,28H,10-16H2/t20?,21-/m1/s1. The first-order chi connectivity index (χ1) is 15.0. The Morgan fingerprint density at radius 2 is 1.61 bits per heavy atom. The lowest BCUT2D eigenvalue weighted by Crippen LogP contribution is -2.54. The first kappa shape index (κ1) is 21.6. The molecule has 2 aromatic rings. The van der Waals surface area contributed by atoms with Crippen LogP contribution in [0.5, 0.6) is 0 Å². The number of aliphatic hydroxyl groups excluding tert-OH is 1. The van der Waals surface area contributed by atoms with Gasteiger partial charge in [-0.3, -0.25) is 9.69 Å². The summed E-state index contributed by atoms with van der Waals surface area (Å²) in [5.41, 5.74) is 1.54. The second-order valence-corrected chi connectivity index (χ2v) is 8.35. The molecule has 0 aromatic heterocycles. The van der Waals surface area contributed by atoms with Crippen LogP contribution in [0.15, 0.2) is 54.6 Å². The van der Waals surface area contributed by atoms with E-state index in [9.17, 15) is 14.7 Å². The maximum absolute atomic E-state index is 12.7. The molecule has 1 N–H and O–H groups in total. The summed E-state index contributed by atoms with van der Waals surface area (Å²) < 4.78 is 5.40. The summed E-state index contributed by atoms with van der Waals surface area (Å²) in [6.07, 6.45) is -1.05. The molecule has 2 heterocycles. The molecule has 0 saturated carbocycles. The van der Waals surface area contributed by atoms with Crippen LogP contribution < -0.4 is 0 Å². The van der Waals surface area contributed by atoms with E-state index >= 15 is 0 Å². The minimum Gasteiger partial charge on any atom is -0.445 e. The van der Waals surface area contributed by atoms with Crippen molar-refractivity contribution in [3.8, 4) is 0 Å². The molecule has 0 radical (unpaired) electrons. The highest BCUT2D eigenvalue weighted by atomic mass is 35.5. The number of hydrogen-bond acceptors (Lipinski definition) is 5. The smallest absolute Gasteiger partial charge is 0.410 e. The Kier molecular flexibility index (Phi) is 6.75. The van der Waals surface area contributed by atoms with Crippen molar-refractivity contribution in [2.45, 2.75) is 18.8 Å². The van der Waals surface area contributed by atoms with Crippen LogP contribution in [0.3, 0.4) is 0 Å². The summed E-state index contributed by atoms with van der Waals surface area (Å²) in [7, 11) is 0. The lowest BCUT2D eigenvalue weighted by molar-refractivity contribution is 0.0376. The summed E-state index contributed by atoms with van der Waals surface area (Å²) in [6, 6.07) is 16.3. The summed E-state index contributed by atoms with van der Waals surface area (Å²) in [4.78, 5) is 30.6. The van der Waals surface area contributed by atoms with Crippen LogP contribution in [-0.2, 0) is 11.3 Å². The van der Waals surface area contributed by atoms with Crippen LogP contribution in [0.25, 0.3) is 0 Å². The molecule has 31 heavy (non-hydrogen) atoms. The van der Waals surface area contributed by atoms with Crippen molar-refractivity contribution < 1.29 is 19.4 Å². The molecule has 2 aliphatic rings. The Balaban J connectivity index is 1.27. The third-order valence-corrected chi connectivity index (χ3v) is 6.14. The largest absolute Gasteiger partial charge is 0.445 e. The second-order valence-electron chi connectivity index (χ2n) is 7.91. The van der Waals surface area contributed by atoms with Gasteiger partial charge in [0, 0.05) is 43.3 Å². The highest BCUT2D eigenvalue weighted by molar-refractivity contribution is 6.30. The number of halogens is 1. The van der Waals surface area contributed by atoms with Crippen LogP contribution in [-0.4, -0.2) is 83.2 Å². The van der Waals surface area contributed by atoms with Gasteiger partial charge in [-0.2, -0.15) is 0 Å². The van der Waals surface area contributed by atoms with Crippen LogP contribution in [0.1, 0.15) is 15.9 Å². The minimum atomic E-state index is -0.636. The topological polar surface area (TPSA) is 73.3 Å². The van der Waals surface area contributed by atoms with Gasteiger partial charge in [0.15, 0.2) is 0 Å². The highest BCUT2D eigenvalue weighted by Crippen LogP contribution is 2.20. The fourth-order valence-corrected chi connectivity index (χ4v) is 4.25. The summed E-state index contributed by atoms with van der Waals surface area (Å²) in [5.74, 6) is -0.0191. The Morgan fingerprint density at radius 3 is 2.29 bits per heavy atom. The zero-order valence-electron chi connectivity index (χ0n) is 17.2. The number of amides is 2. The van der Waals surface area contributed by atoms with E-state index in [-0.39, 0.29) is 25.1 Å². The molecule has 0 aliphatic carbocycles. The molecular formula is C23H26ClN3O4. The van der Waals surface area contributed by atoms with Crippen molar-refractivity contribution in [3.05, 3.63) is 70.7 Å². The van der Waals surface area contributed by atoms with Crippen molar-refractivity contribution in [2.24, 2.45) is 0 Å². The quantitative estimate of drug-likeness (QED) is 0.785. The predicted molar refractivity (Wildman–Crippen MR) is 117 cm³/mol. The molecule has 164 valence electrons. The highest BCUT2D eigenvalue weighted by Gasteiger charge is 2.39. The van der Waals surface area contributed by atoms with Gasteiger partial charge in [0.25, 0.3) is 5.91 Å². The Labute approximate surface area is 186 Å². The van der Waals surface area contributed by atoms with Gasteiger partial charge < -0.3 is 19.6 Å². The van der Waals surface area contributed by atoms with Gasteiger partial charge in [0.1, 0.15) is 6.61 Å².